The molecule has 0 aliphatic rings. The Hall–Kier alpha value is -0.650. The average molecular weight is 177 g/mol. The molecular formula is C7H15NO4. The van der Waals surface area contributed by atoms with E-state index in [0.29, 0.717) is 13.1 Å². The Labute approximate surface area is 71.4 Å². The lowest BCUT2D eigenvalue weighted by Gasteiger charge is -2.33. The van der Waals surface area contributed by atoms with E-state index in [1.165, 1.54) is 0 Å². The zero-order valence-electron chi connectivity index (χ0n) is 7.19. The lowest BCUT2D eigenvalue weighted by atomic mass is 10.3. The molecule has 0 radical (unpaired) electrons. The van der Waals surface area contributed by atoms with E-state index in [1.54, 1.807) is 7.05 Å². The van der Waals surface area contributed by atoms with E-state index in [0.717, 1.165) is 0 Å². The molecule has 12 heavy (non-hydrogen) atoms. The van der Waals surface area contributed by atoms with Gasteiger partial charge in [-0.05, 0) is 0 Å². The molecule has 0 aromatic carbocycles. The van der Waals surface area contributed by atoms with Crippen LogP contribution in [-0.2, 0) is 4.79 Å². The Morgan fingerprint density at radius 2 is 1.75 bits per heavy atom. The van der Waals surface area contributed by atoms with Crippen LogP contribution in [-0.4, -0.2) is 60.6 Å². The zero-order valence-corrected chi connectivity index (χ0v) is 7.19. The maximum Gasteiger partial charge on any atom is 0.119 e. The van der Waals surface area contributed by atoms with E-state index < -0.39 is 5.97 Å². The fraction of sp³-hybridized carbons (Fsp3) is 0.857. The number of hydrogen-bond acceptors (Lipinski definition) is 4. The van der Waals surface area contributed by atoms with Gasteiger partial charge in [-0.1, -0.05) is 0 Å². The molecule has 0 saturated carbocycles. The molecule has 0 aliphatic heterocycles. The van der Waals surface area contributed by atoms with Gasteiger partial charge in [0.15, 0.2) is 0 Å². The Morgan fingerprint density at radius 1 is 1.33 bits per heavy atom. The fourth-order valence-corrected chi connectivity index (χ4v) is 1.06. The molecule has 0 aromatic rings. The molecule has 5 heteroatoms. The molecule has 0 spiro atoms. The summed E-state index contributed by atoms with van der Waals surface area (Å²) in [7, 11) is 1.66. The van der Waals surface area contributed by atoms with Crippen LogP contribution < -0.4 is 5.11 Å². The number of aliphatic hydroxyl groups is 2. The topological polar surface area (TPSA) is 80.6 Å². The fourth-order valence-electron chi connectivity index (χ4n) is 1.06. The van der Waals surface area contributed by atoms with E-state index in [1.807, 2.05) is 0 Å². The van der Waals surface area contributed by atoms with Crippen LogP contribution in [0.5, 0.6) is 0 Å². The molecule has 0 saturated heterocycles. The number of aliphatic hydroxyl groups excluding tert-OH is 2. The van der Waals surface area contributed by atoms with Crippen LogP contribution in [0, 0.1) is 0 Å². The quantitative estimate of drug-likeness (QED) is 0.428. The molecule has 0 heterocycles. The SMILES string of the molecule is C[N+](CCO)(CCO)CC(=O)[O-]. The Morgan fingerprint density at radius 3 is 2.00 bits per heavy atom. The minimum absolute atomic E-state index is 0.0935. The molecule has 0 aliphatic carbocycles. The Bertz CT molecular complexity index is 142. The first-order valence-corrected chi connectivity index (χ1v) is 3.79. The number of carbonyl (C=O) groups is 1. The third-order valence-corrected chi connectivity index (χ3v) is 1.79. The zero-order chi connectivity index (χ0) is 9.61. The average Bonchev–Trinajstić information content (AvgIpc) is 1.85. The molecule has 0 atom stereocenters. The van der Waals surface area contributed by atoms with Gasteiger partial charge >= 0.3 is 0 Å². The number of likely N-dealkylation sites (N-methyl/N-ethyl adjacent to an activating group) is 1. The summed E-state index contributed by atoms with van der Waals surface area (Å²) in [5, 5.41) is 27.5. The standard InChI is InChI=1S/C7H15NO4/c1-8(2-4-9,3-5-10)6-7(11)12/h9-10H,2-6H2,1H3. The van der Waals surface area contributed by atoms with Crippen molar-refractivity contribution in [3.63, 3.8) is 0 Å². The van der Waals surface area contributed by atoms with Crippen LogP contribution in [0.2, 0.25) is 0 Å². The molecule has 0 unspecified atom stereocenters. The molecule has 5 nitrogen and oxygen atoms in total. The van der Waals surface area contributed by atoms with Crippen LogP contribution in [0.25, 0.3) is 0 Å². The number of carboxylic acids is 1. The van der Waals surface area contributed by atoms with E-state index >= 15 is 0 Å². The first-order chi connectivity index (χ1) is 5.54. The predicted octanol–water partition coefficient (Wildman–Crippen LogP) is -2.83. The minimum Gasteiger partial charge on any atom is -0.544 e. The highest BCUT2D eigenvalue weighted by atomic mass is 16.4. The van der Waals surface area contributed by atoms with Crippen molar-refractivity contribution in [3.05, 3.63) is 0 Å². The Balaban J connectivity index is 4.07. The second kappa shape index (κ2) is 5.08. The van der Waals surface area contributed by atoms with Crippen molar-refractivity contribution in [3.8, 4) is 0 Å². The third kappa shape index (κ3) is 4.27. The second-order valence-electron chi connectivity index (χ2n) is 3.04. The van der Waals surface area contributed by atoms with Gasteiger partial charge in [0.25, 0.3) is 0 Å². The van der Waals surface area contributed by atoms with Gasteiger partial charge < -0.3 is 24.6 Å². The molecule has 0 amide bonds. The molecule has 2 N–H and O–H groups in total. The number of aliphatic carboxylic acids is 1. The monoisotopic (exact) mass is 177 g/mol. The van der Waals surface area contributed by atoms with Crippen molar-refractivity contribution in [1.82, 2.24) is 0 Å². The van der Waals surface area contributed by atoms with Crippen molar-refractivity contribution < 1.29 is 24.6 Å². The first-order valence-electron chi connectivity index (χ1n) is 3.79. The van der Waals surface area contributed by atoms with E-state index in [9.17, 15) is 9.90 Å². The number of nitrogens with zero attached hydrogens (tertiary/aromatic N) is 1. The summed E-state index contributed by atoms with van der Waals surface area (Å²) in [5.74, 6) is -1.17. The van der Waals surface area contributed by atoms with Gasteiger partial charge in [-0.2, -0.15) is 0 Å². The van der Waals surface area contributed by atoms with Gasteiger partial charge in [0.1, 0.15) is 19.6 Å². The van der Waals surface area contributed by atoms with Crippen molar-refractivity contribution in [1.29, 1.82) is 0 Å². The summed E-state index contributed by atoms with van der Waals surface area (Å²) in [6.07, 6.45) is 0. The van der Waals surface area contributed by atoms with Crippen LogP contribution in [0.1, 0.15) is 0 Å². The maximum absolute atomic E-state index is 10.3. The summed E-state index contributed by atoms with van der Waals surface area (Å²) in [4.78, 5) is 10.3. The van der Waals surface area contributed by atoms with Crippen molar-refractivity contribution in [2.75, 3.05) is 39.9 Å². The van der Waals surface area contributed by atoms with Crippen LogP contribution >= 0.6 is 0 Å². The number of carboxylic acid groups (broad SMARTS) is 1. The largest absolute Gasteiger partial charge is 0.544 e. The highest BCUT2D eigenvalue weighted by Crippen LogP contribution is 1.99. The number of hydrogen-bond donors (Lipinski definition) is 2. The molecule has 72 valence electrons. The summed E-state index contributed by atoms with van der Waals surface area (Å²) in [5.41, 5.74) is 0. The normalized spacial score (nSPS) is 11.6. The highest BCUT2D eigenvalue weighted by molar-refractivity contribution is 5.65. The Kier molecular flexibility index (Phi) is 4.80. The van der Waals surface area contributed by atoms with Gasteiger partial charge in [-0.25, -0.2) is 0 Å². The second-order valence-corrected chi connectivity index (χ2v) is 3.04. The van der Waals surface area contributed by atoms with Gasteiger partial charge in [0.2, 0.25) is 0 Å². The van der Waals surface area contributed by atoms with Gasteiger partial charge in [0.05, 0.1) is 26.2 Å². The summed E-state index contributed by atoms with van der Waals surface area (Å²) in [6, 6.07) is 0. The van der Waals surface area contributed by atoms with Gasteiger partial charge in [-0.15, -0.1) is 0 Å². The summed E-state index contributed by atoms with van der Waals surface area (Å²) >= 11 is 0. The van der Waals surface area contributed by atoms with E-state index in [-0.39, 0.29) is 24.2 Å². The minimum atomic E-state index is -1.17. The van der Waals surface area contributed by atoms with Gasteiger partial charge in [0, 0.05) is 0 Å². The van der Waals surface area contributed by atoms with Crippen molar-refractivity contribution >= 4 is 5.97 Å². The van der Waals surface area contributed by atoms with Crippen molar-refractivity contribution in [2.45, 2.75) is 0 Å². The highest BCUT2D eigenvalue weighted by Gasteiger charge is 2.19. The molecule has 0 bridgehead atoms. The maximum atomic E-state index is 10.3. The molecule has 0 fully saturated rings. The van der Waals surface area contributed by atoms with Crippen LogP contribution in [0.3, 0.4) is 0 Å². The molecule has 0 aromatic heterocycles. The lowest BCUT2D eigenvalue weighted by Crippen LogP contribution is -2.54. The third-order valence-electron chi connectivity index (χ3n) is 1.79. The summed E-state index contributed by atoms with van der Waals surface area (Å²) in [6.45, 7) is 0.262. The summed E-state index contributed by atoms with van der Waals surface area (Å²) < 4.78 is 0.106. The van der Waals surface area contributed by atoms with E-state index in [2.05, 4.69) is 0 Å². The number of carbonyl (C=O) groups excluding carboxylic acids is 1. The lowest BCUT2D eigenvalue weighted by molar-refractivity contribution is -0.904. The van der Waals surface area contributed by atoms with Crippen LogP contribution in [0.4, 0.5) is 0 Å². The molecule has 0 rings (SSSR count). The van der Waals surface area contributed by atoms with Gasteiger partial charge in [-0.3, -0.25) is 0 Å². The van der Waals surface area contributed by atoms with E-state index in [4.69, 9.17) is 10.2 Å². The van der Waals surface area contributed by atoms with Crippen LogP contribution in [0.15, 0.2) is 0 Å². The predicted molar refractivity (Wildman–Crippen MR) is 40.0 cm³/mol. The first kappa shape index (κ1) is 11.4. The number of quaternary nitrogens is 1. The van der Waals surface area contributed by atoms with Crippen molar-refractivity contribution in [2.24, 2.45) is 0 Å². The molecular weight excluding hydrogens is 162 g/mol. The number of rotatable bonds is 6. The smallest absolute Gasteiger partial charge is 0.119 e.